The molecule has 22 heavy (non-hydrogen) atoms. The molecule has 0 fully saturated rings. The van der Waals surface area contributed by atoms with Gasteiger partial charge in [0.15, 0.2) is 11.6 Å². The van der Waals surface area contributed by atoms with Crippen molar-refractivity contribution in [3.8, 4) is 0 Å². The smallest absolute Gasteiger partial charge is 0.652 e. The van der Waals surface area contributed by atoms with Crippen LogP contribution in [0.3, 0.4) is 0 Å². The zero-order valence-corrected chi connectivity index (χ0v) is 16.2. The van der Waals surface area contributed by atoms with Crippen molar-refractivity contribution in [1.82, 2.24) is 0 Å². The molecule has 0 spiro atoms. The molecule has 0 saturated heterocycles. The molecular weight excluding hydrogens is 306 g/mol. The minimum absolute atomic E-state index is 0. The van der Waals surface area contributed by atoms with Gasteiger partial charge in [-0.25, -0.2) is 0 Å². The van der Waals surface area contributed by atoms with E-state index >= 15 is 0 Å². The van der Waals surface area contributed by atoms with Crippen LogP contribution in [-0.2, 0) is 0 Å². The van der Waals surface area contributed by atoms with E-state index in [1.54, 1.807) is 48.5 Å². The first-order valence-corrected chi connectivity index (χ1v) is 5.68. The number of ketones is 2. The van der Waals surface area contributed by atoms with Crippen molar-refractivity contribution in [2.24, 2.45) is 0 Å². The van der Waals surface area contributed by atoms with Gasteiger partial charge in [-0.1, -0.05) is 48.5 Å². The number of fused-ring (bicyclic) bond motifs is 2. The summed E-state index contributed by atoms with van der Waals surface area (Å²) in [6, 6.07) is 13.9. The number of carbonyl (C=O) groups is 3. The van der Waals surface area contributed by atoms with Gasteiger partial charge in [0, 0.05) is 22.3 Å². The average molecular weight is 314 g/mol. The molecule has 0 N–H and O–H groups in total. The average Bonchev–Trinajstić information content (AvgIpc) is 2.44. The van der Waals surface area contributed by atoms with Crippen LogP contribution in [0.5, 0.6) is 0 Å². The van der Waals surface area contributed by atoms with Crippen molar-refractivity contribution in [3.05, 3.63) is 70.8 Å². The number of carboxylic acid groups (broad SMARTS) is 2. The molecule has 1 aliphatic rings. The Morgan fingerprint density at radius 3 is 1.00 bits per heavy atom. The summed E-state index contributed by atoms with van der Waals surface area (Å²) >= 11 is 0. The maximum atomic E-state index is 12.1. The minimum atomic E-state index is -2.33. The third-order valence-corrected chi connectivity index (χ3v) is 2.83. The van der Waals surface area contributed by atoms with E-state index in [0.29, 0.717) is 22.3 Å². The topological polar surface area (TPSA) is 97.3 Å². The van der Waals surface area contributed by atoms with Crippen LogP contribution in [-0.4, -0.2) is 17.7 Å². The fourth-order valence-corrected chi connectivity index (χ4v) is 2.05. The molecule has 0 aliphatic heterocycles. The van der Waals surface area contributed by atoms with Gasteiger partial charge in [-0.15, -0.1) is 0 Å². The molecule has 0 unspecified atom stereocenters. The minimum Gasteiger partial charge on any atom is -0.652 e. The SMILES string of the molecule is O=C([O-])[O-].O=C1c2ccccc2C(=O)c2ccccc21.[Na+].[Na+]. The number of rotatable bonds is 0. The summed E-state index contributed by atoms with van der Waals surface area (Å²) in [4.78, 5) is 32.5. The second-order valence-electron chi connectivity index (χ2n) is 4.00. The second kappa shape index (κ2) is 9.25. The first-order valence-electron chi connectivity index (χ1n) is 5.68. The van der Waals surface area contributed by atoms with Gasteiger partial charge in [-0.05, 0) is 6.16 Å². The summed E-state index contributed by atoms with van der Waals surface area (Å²) in [5, 5.41) is 16.7. The summed E-state index contributed by atoms with van der Waals surface area (Å²) in [6.45, 7) is 0. The second-order valence-corrected chi connectivity index (χ2v) is 4.00. The fourth-order valence-electron chi connectivity index (χ4n) is 2.05. The van der Waals surface area contributed by atoms with E-state index in [9.17, 15) is 9.59 Å². The molecule has 1 aliphatic carbocycles. The molecule has 2 aromatic rings. The molecule has 3 rings (SSSR count). The molecule has 7 heteroatoms. The van der Waals surface area contributed by atoms with Gasteiger partial charge in [0.25, 0.3) is 0 Å². The largest absolute Gasteiger partial charge is 1.00 e. The molecule has 0 saturated carbocycles. The van der Waals surface area contributed by atoms with Crippen molar-refractivity contribution in [2.45, 2.75) is 0 Å². The Hall–Kier alpha value is -0.950. The van der Waals surface area contributed by atoms with Crippen molar-refractivity contribution in [1.29, 1.82) is 0 Å². The Morgan fingerprint density at radius 1 is 0.636 bits per heavy atom. The van der Waals surface area contributed by atoms with Crippen LogP contribution in [0.1, 0.15) is 31.8 Å². The van der Waals surface area contributed by atoms with Gasteiger partial charge in [0.05, 0.1) is 0 Å². The van der Waals surface area contributed by atoms with Crippen LogP contribution >= 0.6 is 0 Å². The van der Waals surface area contributed by atoms with Gasteiger partial charge in [-0.2, -0.15) is 0 Å². The molecule has 2 aromatic carbocycles. The first kappa shape index (κ1) is 21.0. The van der Waals surface area contributed by atoms with Gasteiger partial charge >= 0.3 is 59.1 Å². The van der Waals surface area contributed by atoms with Crippen molar-refractivity contribution in [3.63, 3.8) is 0 Å². The Balaban J connectivity index is 0.000000665. The first-order chi connectivity index (χ1) is 9.52. The third kappa shape index (κ3) is 4.52. The van der Waals surface area contributed by atoms with Crippen LogP contribution in [0, 0.1) is 0 Å². The summed E-state index contributed by atoms with van der Waals surface area (Å²) in [7, 11) is 0. The van der Waals surface area contributed by atoms with Gasteiger partial charge in [0.2, 0.25) is 0 Å². The third-order valence-electron chi connectivity index (χ3n) is 2.83. The quantitative estimate of drug-likeness (QED) is 0.385. The van der Waals surface area contributed by atoms with E-state index in [1.807, 2.05) is 0 Å². The molecule has 100 valence electrons. The molecule has 5 nitrogen and oxygen atoms in total. The van der Waals surface area contributed by atoms with E-state index in [-0.39, 0.29) is 70.7 Å². The standard InChI is InChI=1S/C14H8O2.CH2O3.2Na/c15-13-9-5-1-2-6-10(9)14(16)12-8-4-3-7-11(12)13;2-1(3)4;;/h1-8H;(H2,2,3,4);;/q;;2*+1/p-2. The zero-order chi connectivity index (χ0) is 14.7. The molecule has 0 bridgehead atoms. The normalized spacial score (nSPS) is 10.7. The summed E-state index contributed by atoms with van der Waals surface area (Å²) in [6.07, 6.45) is -2.33. The maximum Gasteiger partial charge on any atom is 1.00 e. The summed E-state index contributed by atoms with van der Waals surface area (Å²) in [5.41, 5.74) is 2.02. The number of carbonyl (C=O) groups excluding carboxylic acids is 3. The summed E-state index contributed by atoms with van der Waals surface area (Å²) < 4.78 is 0. The van der Waals surface area contributed by atoms with Crippen LogP contribution in [0.4, 0.5) is 4.79 Å². The Kier molecular flexibility index (Phi) is 8.85. The molecule has 0 radical (unpaired) electrons. The van der Waals surface area contributed by atoms with E-state index in [1.165, 1.54) is 0 Å². The fraction of sp³-hybridized carbons (Fsp3) is 0. The zero-order valence-electron chi connectivity index (χ0n) is 12.2. The van der Waals surface area contributed by atoms with E-state index in [4.69, 9.17) is 15.0 Å². The number of benzene rings is 2. The van der Waals surface area contributed by atoms with E-state index < -0.39 is 6.16 Å². The van der Waals surface area contributed by atoms with E-state index in [2.05, 4.69) is 0 Å². The predicted octanol–water partition coefficient (Wildman–Crippen LogP) is -5.98. The van der Waals surface area contributed by atoms with Gasteiger partial charge in [0.1, 0.15) is 0 Å². The number of hydrogen-bond donors (Lipinski definition) is 0. The monoisotopic (exact) mass is 314 g/mol. The Morgan fingerprint density at radius 2 is 0.818 bits per heavy atom. The van der Waals surface area contributed by atoms with Crippen molar-refractivity contribution in [2.75, 3.05) is 0 Å². The van der Waals surface area contributed by atoms with Crippen LogP contribution in [0.15, 0.2) is 48.5 Å². The van der Waals surface area contributed by atoms with Crippen LogP contribution in [0.2, 0.25) is 0 Å². The molecule has 0 atom stereocenters. The van der Waals surface area contributed by atoms with Crippen LogP contribution < -0.4 is 69.3 Å². The van der Waals surface area contributed by atoms with Crippen LogP contribution in [0.25, 0.3) is 0 Å². The molecule has 0 amide bonds. The Labute approximate surface area is 170 Å². The predicted molar refractivity (Wildman–Crippen MR) is 65.1 cm³/mol. The summed E-state index contributed by atoms with van der Waals surface area (Å²) in [5.74, 6) is -0.128. The molecule has 0 aromatic heterocycles. The number of hydrogen-bond acceptors (Lipinski definition) is 5. The van der Waals surface area contributed by atoms with Gasteiger partial charge < -0.3 is 15.0 Å². The molecular formula is C15H8Na2O5. The molecule has 0 heterocycles. The van der Waals surface area contributed by atoms with Gasteiger partial charge in [-0.3, -0.25) is 9.59 Å². The maximum absolute atomic E-state index is 12.1. The van der Waals surface area contributed by atoms with E-state index in [0.717, 1.165) is 0 Å². The van der Waals surface area contributed by atoms with Crippen molar-refractivity contribution >= 4 is 17.7 Å². The Bertz CT molecular complexity index is 603. The van der Waals surface area contributed by atoms with Crippen molar-refractivity contribution < 1.29 is 83.7 Å².